The van der Waals surface area contributed by atoms with Crippen molar-refractivity contribution in [1.82, 2.24) is 19.7 Å². The fourth-order valence-electron chi connectivity index (χ4n) is 3.69. The van der Waals surface area contributed by atoms with Crippen molar-refractivity contribution in [2.24, 2.45) is 0 Å². The summed E-state index contributed by atoms with van der Waals surface area (Å²) >= 11 is 1.66. The van der Waals surface area contributed by atoms with E-state index >= 15 is 0 Å². The lowest BCUT2D eigenvalue weighted by atomic mass is 10.0. The Hall–Kier alpha value is -2.76. The van der Waals surface area contributed by atoms with E-state index in [-0.39, 0.29) is 5.60 Å². The molecule has 1 spiro atoms. The Labute approximate surface area is 154 Å². The number of ether oxygens (including phenoxy) is 1. The maximum absolute atomic E-state index is 8.99. The molecule has 130 valence electrons. The van der Waals surface area contributed by atoms with Gasteiger partial charge in [0.15, 0.2) is 16.8 Å². The minimum absolute atomic E-state index is 0.234. The molecule has 1 atom stereocenters. The highest BCUT2D eigenvalue weighted by Crippen LogP contribution is 2.36. The van der Waals surface area contributed by atoms with Crippen LogP contribution < -0.4 is 4.90 Å². The fourth-order valence-corrected chi connectivity index (χ4v) is 4.36. The van der Waals surface area contributed by atoms with Gasteiger partial charge in [-0.1, -0.05) is 0 Å². The van der Waals surface area contributed by atoms with Crippen LogP contribution in [0.2, 0.25) is 0 Å². The van der Waals surface area contributed by atoms with E-state index in [4.69, 9.17) is 10.00 Å². The zero-order valence-corrected chi connectivity index (χ0v) is 14.8. The molecular weight excluding hydrogens is 348 g/mol. The Bertz CT molecular complexity index is 974. The number of benzene rings is 1. The largest absolute Gasteiger partial charge is 0.363 e. The Balaban J connectivity index is 1.44. The third kappa shape index (κ3) is 2.48. The molecule has 0 aliphatic carbocycles. The van der Waals surface area contributed by atoms with Crippen LogP contribution in [0.5, 0.6) is 0 Å². The average molecular weight is 364 g/mol. The van der Waals surface area contributed by atoms with Crippen LogP contribution in [0, 0.1) is 11.3 Å². The molecule has 26 heavy (non-hydrogen) atoms. The molecule has 0 saturated carbocycles. The highest BCUT2D eigenvalue weighted by Gasteiger charge is 2.44. The number of anilines is 1. The van der Waals surface area contributed by atoms with Gasteiger partial charge in [-0.25, -0.2) is 4.98 Å². The summed E-state index contributed by atoms with van der Waals surface area (Å²) in [5.41, 5.74) is 1.37. The number of aromatic nitrogens is 4. The Morgan fingerprint density at radius 2 is 2.08 bits per heavy atom. The van der Waals surface area contributed by atoms with E-state index in [0.717, 1.165) is 48.4 Å². The van der Waals surface area contributed by atoms with Gasteiger partial charge in [0.05, 0.1) is 24.7 Å². The summed E-state index contributed by atoms with van der Waals surface area (Å²) in [6.45, 7) is 2.96. The van der Waals surface area contributed by atoms with Crippen molar-refractivity contribution in [2.45, 2.75) is 25.2 Å². The van der Waals surface area contributed by atoms with Crippen molar-refractivity contribution >= 4 is 16.5 Å². The molecule has 1 saturated heterocycles. The van der Waals surface area contributed by atoms with Crippen LogP contribution in [0.4, 0.5) is 5.13 Å². The highest BCUT2D eigenvalue weighted by atomic mass is 32.1. The Morgan fingerprint density at radius 1 is 1.19 bits per heavy atom. The number of nitriles is 1. The lowest BCUT2D eigenvalue weighted by Gasteiger charge is -2.34. The second kappa shape index (κ2) is 5.90. The zero-order valence-electron chi connectivity index (χ0n) is 14.0. The SMILES string of the molecule is N#Cc1ccc(-c2nnc3n2CC2(CCN(c4nccs4)C2)OC3)cc1. The first kappa shape index (κ1) is 15.5. The number of nitrogens with zero attached hydrogens (tertiary/aromatic N) is 6. The topological polar surface area (TPSA) is 79.9 Å². The molecule has 4 heterocycles. The van der Waals surface area contributed by atoms with E-state index in [1.165, 1.54) is 0 Å². The van der Waals surface area contributed by atoms with Gasteiger partial charge in [-0.15, -0.1) is 21.5 Å². The van der Waals surface area contributed by atoms with Crippen molar-refractivity contribution in [1.29, 1.82) is 5.26 Å². The molecule has 7 nitrogen and oxygen atoms in total. The quantitative estimate of drug-likeness (QED) is 0.695. The minimum Gasteiger partial charge on any atom is -0.363 e. The molecule has 2 aromatic heterocycles. The van der Waals surface area contributed by atoms with Crippen molar-refractivity contribution in [3.8, 4) is 17.5 Å². The number of rotatable bonds is 2. The van der Waals surface area contributed by atoms with Gasteiger partial charge in [-0.2, -0.15) is 5.26 Å². The van der Waals surface area contributed by atoms with E-state index in [1.807, 2.05) is 35.8 Å². The summed E-state index contributed by atoms with van der Waals surface area (Å²) < 4.78 is 8.40. The van der Waals surface area contributed by atoms with Crippen molar-refractivity contribution in [3.05, 3.63) is 47.2 Å². The maximum atomic E-state index is 8.99. The van der Waals surface area contributed by atoms with E-state index in [0.29, 0.717) is 12.2 Å². The molecular formula is C18H16N6OS. The van der Waals surface area contributed by atoms with Gasteiger partial charge in [-0.3, -0.25) is 0 Å². The van der Waals surface area contributed by atoms with Gasteiger partial charge in [0.1, 0.15) is 12.2 Å². The lowest BCUT2D eigenvalue weighted by molar-refractivity contribution is -0.0748. The Morgan fingerprint density at radius 3 is 2.85 bits per heavy atom. The van der Waals surface area contributed by atoms with Gasteiger partial charge < -0.3 is 14.2 Å². The molecule has 0 N–H and O–H groups in total. The predicted molar refractivity (Wildman–Crippen MR) is 96.6 cm³/mol. The predicted octanol–water partition coefficient (Wildman–Crippen LogP) is 2.45. The van der Waals surface area contributed by atoms with Crippen LogP contribution in [0.15, 0.2) is 35.8 Å². The van der Waals surface area contributed by atoms with Crippen LogP contribution >= 0.6 is 11.3 Å². The highest BCUT2D eigenvalue weighted by molar-refractivity contribution is 7.13. The van der Waals surface area contributed by atoms with Crippen LogP contribution in [0.25, 0.3) is 11.4 Å². The second-order valence-corrected chi connectivity index (χ2v) is 7.55. The monoisotopic (exact) mass is 364 g/mol. The first-order valence-corrected chi connectivity index (χ1v) is 9.35. The fraction of sp³-hybridized carbons (Fsp3) is 0.333. The summed E-state index contributed by atoms with van der Waals surface area (Å²) in [6, 6.07) is 9.62. The molecule has 1 fully saturated rings. The van der Waals surface area contributed by atoms with E-state index in [2.05, 4.69) is 30.7 Å². The van der Waals surface area contributed by atoms with Gasteiger partial charge in [-0.05, 0) is 30.7 Å². The normalized spacial score (nSPS) is 21.7. The standard InChI is InChI=1S/C18H16N6OS/c19-9-13-1-3-14(4-2-13)16-22-21-15-10-25-18(12-24(15)16)5-7-23(11-18)17-20-6-8-26-17/h1-4,6,8H,5,7,10-12H2. The number of hydrogen-bond acceptors (Lipinski definition) is 7. The first-order valence-electron chi connectivity index (χ1n) is 8.47. The summed E-state index contributed by atoms with van der Waals surface area (Å²) in [5, 5.41) is 20.7. The molecule has 2 aliphatic rings. The summed E-state index contributed by atoms with van der Waals surface area (Å²) in [4.78, 5) is 6.72. The molecule has 0 radical (unpaired) electrons. The van der Waals surface area contributed by atoms with Crippen molar-refractivity contribution in [2.75, 3.05) is 18.0 Å². The van der Waals surface area contributed by atoms with Crippen molar-refractivity contribution < 1.29 is 4.74 Å². The van der Waals surface area contributed by atoms with Crippen molar-refractivity contribution in [3.63, 3.8) is 0 Å². The summed E-state index contributed by atoms with van der Waals surface area (Å²) in [5.74, 6) is 1.68. The third-order valence-corrected chi connectivity index (χ3v) is 5.89. The molecule has 3 aromatic rings. The first-order chi connectivity index (χ1) is 12.8. The van der Waals surface area contributed by atoms with Gasteiger partial charge in [0, 0.05) is 23.7 Å². The van der Waals surface area contributed by atoms with E-state index < -0.39 is 0 Å². The molecule has 0 amide bonds. The van der Waals surface area contributed by atoms with Crippen LogP contribution in [-0.2, 0) is 17.9 Å². The Kier molecular flexibility index (Phi) is 3.51. The summed E-state index contributed by atoms with van der Waals surface area (Å²) in [6.07, 6.45) is 2.80. The van der Waals surface area contributed by atoms with Crippen LogP contribution in [-0.4, -0.2) is 38.4 Å². The average Bonchev–Trinajstić information content (AvgIpc) is 3.42. The van der Waals surface area contributed by atoms with Gasteiger partial charge >= 0.3 is 0 Å². The zero-order chi connectivity index (χ0) is 17.6. The molecule has 8 heteroatoms. The van der Waals surface area contributed by atoms with Gasteiger partial charge in [0.2, 0.25) is 0 Å². The molecule has 0 bridgehead atoms. The van der Waals surface area contributed by atoms with Crippen LogP contribution in [0.3, 0.4) is 0 Å². The lowest BCUT2D eigenvalue weighted by Crippen LogP contribution is -2.44. The molecule has 1 unspecified atom stereocenters. The number of hydrogen-bond donors (Lipinski definition) is 0. The smallest absolute Gasteiger partial charge is 0.185 e. The molecule has 5 rings (SSSR count). The maximum Gasteiger partial charge on any atom is 0.185 e. The number of thiazole rings is 1. The van der Waals surface area contributed by atoms with Crippen LogP contribution in [0.1, 0.15) is 17.8 Å². The van der Waals surface area contributed by atoms with Gasteiger partial charge in [0.25, 0.3) is 0 Å². The second-order valence-electron chi connectivity index (χ2n) is 6.67. The van der Waals surface area contributed by atoms with E-state index in [9.17, 15) is 0 Å². The summed E-state index contributed by atoms with van der Waals surface area (Å²) in [7, 11) is 0. The van der Waals surface area contributed by atoms with E-state index in [1.54, 1.807) is 11.3 Å². The number of fused-ring (bicyclic) bond motifs is 1. The third-order valence-electron chi connectivity index (χ3n) is 5.06. The minimum atomic E-state index is -0.234. The molecule has 2 aliphatic heterocycles. The molecule has 1 aromatic carbocycles.